The molecule has 0 aliphatic heterocycles. The molecule has 0 spiro atoms. The van der Waals surface area contributed by atoms with Crippen LogP contribution in [0, 0.1) is 12.8 Å². The van der Waals surface area contributed by atoms with Gasteiger partial charge in [-0.25, -0.2) is 0 Å². The van der Waals surface area contributed by atoms with Crippen molar-refractivity contribution in [1.82, 2.24) is 4.90 Å². The summed E-state index contributed by atoms with van der Waals surface area (Å²) < 4.78 is 0. The molecule has 5 heteroatoms. The summed E-state index contributed by atoms with van der Waals surface area (Å²) in [6, 6.07) is 5.05. The normalized spacial score (nSPS) is 14.2. The van der Waals surface area contributed by atoms with Crippen molar-refractivity contribution in [1.29, 1.82) is 0 Å². The van der Waals surface area contributed by atoms with Gasteiger partial charge in [0.15, 0.2) is 0 Å². The van der Waals surface area contributed by atoms with Crippen molar-refractivity contribution in [2.24, 2.45) is 5.92 Å². The highest BCUT2D eigenvalue weighted by Gasteiger charge is 2.28. The van der Waals surface area contributed by atoms with Crippen LogP contribution in [0.3, 0.4) is 0 Å². The zero-order chi connectivity index (χ0) is 14.0. The molecule has 0 saturated heterocycles. The molecule has 0 atom stereocenters. The van der Waals surface area contributed by atoms with Gasteiger partial charge in [0.05, 0.1) is 0 Å². The van der Waals surface area contributed by atoms with E-state index in [1.54, 1.807) is 18.2 Å². The van der Waals surface area contributed by atoms with Gasteiger partial charge in [0, 0.05) is 17.1 Å². The number of carbonyl (C=O) groups excluding carboxylic acids is 1. The van der Waals surface area contributed by atoms with Crippen LogP contribution in [0.5, 0.6) is 0 Å². The van der Waals surface area contributed by atoms with Crippen molar-refractivity contribution in [3.05, 3.63) is 34.3 Å². The minimum atomic E-state index is -0.993. The summed E-state index contributed by atoms with van der Waals surface area (Å²) in [5, 5.41) is 9.41. The Labute approximate surface area is 117 Å². The van der Waals surface area contributed by atoms with Gasteiger partial charge >= 0.3 is 5.97 Å². The van der Waals surface area contributed by atoms with Gasteiger partial charge in [0.2, 0.25) is 0 Å². The summed E-state index contributed by atoms with van der Waals surface area (Å²) >= 11 is 6.00. The van der Waals surface area contributed by atoms with Crippen LogP contribution < -0.4 is 0 Å². The van der Waals surface area contributed by atoms with Crippen LogP contribution in [0.15, 0.2) is 18.2 Å². The lowest BCUT2D eigenvalue weighted by atomic mass is 10.1. The molecule has 1 aromatic rings. The van der Waals surface area contributed by atoms with E-state index in [1.165, 1.54) is 4.90 Å². The number of aliphatic carboxylic acids is 1. The van der Waals surface area contributed by atoms with E-state index in [0.29, 0.717) is 23.0 Å². The Morgan fingerprint density at radius 1 is 1.42 bits per heavy atom. The van der Waals surface area contributed by atoms with E-state index in [1.807, 2.05) is 6.92 Å². The molecule has 0 unspecified atom stereocenters. The Morgan fingerprint density at radius 3 is 2.63 bits per heavy atom. The van der Waals surface area contributed by atoms with Crippen LogP contribution in [0.1, 0.15) is 28.8 Å². The molecule has 102 valence electrons. The maximum atomic E-state index is 12.3. The smallest absolute Gasteiger partial charge is 0.323 e. The van der Waals surface area contributed by atoms with Crippen LogP contribution in [0.2, 0.25) is 5.02 Å². The Kier molecular flexibility index (Phi) is 4.10. The summed E-state index contributed by atoms with van der Waals surface area (Å²) in [6.07, 6.45) is 2.14. The minimum absolute atomic E-state index is 0.263. The standard InChI is InChI=1S/C14H16ClNO3/c1-9-2-5-11(6-12(9)15)14(19)16(8-13(17)18)7-10-3-4-10/h2,5-6,10H,3-4,7-8H2,1H3,(H,17,18). The Hall–Kier alpha value is -1.55. The number of carboxylic acids is 1. The van der Waals surface area contributed by atoms with Gasteiger partial charge in [-0.2, -0.15) is 0 Å². The minimum Gasteiger partial charge on any atom is -0.480 e. The van der Waals surface area contributed by atoms with Gasteiger partial charge in [-0.1, -0.05) is 17.7 Å². The number of carboxylic acid groups (broad SMARTS) is 1. The number of amides is 1. The summed E-state index contributed by atoms with van der Waals surface area (Å²) in [5.41, 5.74) is 1.34. The molecular weight excluding hydrogens is 266 g/mol. The zero-order valence-electron chi connectivity index (χ0n) is 10.7. The van der Waals surface area contributed by atoms with E-state index in [9.17, 15) is 9.59 Å². The van der Waals surface area contributed by atoms with Gasteiger partial charge in [0.25, 0.3) is 5.91 Å². The van der Waals surface area contributed by atoms with Crippen molar-refractivity contribution in [3.8, 4) is 0 Å². The molecule has 0 aromatic heterocycles. The highest BCUT2D eigenvalue weighted by Crippen LogP contribution is 2.30. The number of hydrogen-bond donors (Lipinski definition) is 1. The fourth-order valence-electron chi connectivity index (χ4n) is 1.90. The number of rotatable bonds is 5. The average molecular weight is 282 g/mol. The number of halogens is 1. The highest BCUT2D eigenvalue weighted by molar-refractivity contribution is 6.31. The summed E-state index contributed by atoms with van der Waals surface area (Å²) in [6.45, 7) is 2.10. The molecular formula is C14H16ClNO3. The predicted octanol–water partition coefficient (Wildman–Crippen LogP) is 2.59. The third kappa shape index (κ3) is 3.70. The molecule has 0 radical (unpaired) electrons. The Morgan fingerprint density at radius 2 is 2.11 bits per heavy atom. The first-order chi connectivity index (χ1) is 8.97. The van der Waals surface area contributed by atoms with Crippen molar-refractivity contribution in [3.63, 3.8) is 0 Å². The van der Waals surface area contributed by atoms with Crippen molar-refractivity contribution < 1.29 is 14.7 Å². The summed E-state index contributed by atoms with van der Waals surface area (Å²) in [5.74, 6) is -0.812. The molecule has 1 N–H and O–H groups in total. The molecule has 1 saturated carbocycles. The quantitative estimate of drug-likeness (QED) is 0.902. The highest BCUT2D eigenvalue weighted by atomic mass is 35.5. The van der Waals surface area contributed by atoms with Crippen molar-refractivity contribution in [2.45, 2.75) is 19.8 Å². The van der Waals surface area contributed by atoms with Crippen LogP contribution in [-0.2, 0) is 4.79 Å². The van der Waals surface area contributed by atoms with Gasteiger partial charge in [-0.15, -0.1) is 0 Å². The molecule has 2 rings (SSSR count). The molecule has 1 aromatic carbocycles. The molecule has 1 aliphatic carbocycles. The molecule has 4 nitrogen and oxygen atoms in total. The van der Waals surface area contributed by atoms with E-state index in [-0.39, 0.29) is 12.5 Å². The lowest BCUT2D eigenvalue weighted by Crippen LogP contribution is -2.37. The monoisotopic (exact) mass is 281 g/mol. The molecule has 0 heterocycles. The first kappa shape index (κ1) is 13.9. The number of nitrogens with zero attached hydrogens (tertiary/aromatic N) is 1. The second-order valence-electron chi connectivity index (χ2n) is 4.99. The van der Waals surface area contributed by atoms with Crippen molar-refractivity contribution >= 4 is 23.5 Å². The summed E-state index contributed by atoms with van der Waals surface area (Å²) in [4.78, 5) is 24.5. The first-order valence-corrected chi connectivity index (χ1v) is 6.62. The zero-order valence-corrected chi connectivity index (χ0v) is 11.5. The van der Waals surface area contributed by atoms with Crippen molar-refractivity contribution in [2.75, 3.05) is 13.1 Å². The molecule has 1 aliphatic rings. The molecule has 19 heavy (non-hydrogen) atoms. The second-order valence-corrected chi connectivity index (χ2v) is 5.39. The van der Waals surface area contributed by atoms with E-state index in [4.69, 9.17) is 16.7 Å². The maximum absolute atomic E-state index is 12.3. The molecule has 1 amide bonds. The average Bonchev–Trinajstić information content (AvgIpc) is 3.14. The van der Waals surface area contributed by atoms with E-state index < -0.39 is 5.97 Å². The van der Waals surface area contributed by atoms with Gasteiger partial charge in [-0.3, -0.25) is 9.59 Å². The van der Waals surface area contributed by atoms with Crippen LogP contribution in [-0.4, -0.2) is 35.0 Å². The third-order valence-corrected chi connectivity index (χ3v) is 3.61. The topological polar surface area (TPSA) is 57.6 Å². The van der Waals surface area contributed by atoms with E-state index in [0.717, 1.165) is 18.4 Å². The van der Waals surface area contributed by atoms with Crippen LogP contribution >= 0.6 is 11.6 Å². The molecule has 1 fully saturated rings. The molecule has 0 bridgehead atoms. The lowest BCUT2D eigenvalue weighted by molar-refractivity contribution is -0.137. The lowest BCUT2D eigenvalue weighted by Gasteiger charge is -2.20. The Balaban J connectivity index is 2.16. The third-order valence-electron chi connectivity index (χ3n) is 3.21. The first-order valence-electron chi connectivity index (χ1n) is 6.24. The summed E-state index contributed by atoms with van der Waals surface area (Å²) in [7, 11) is 0. The van der Waals surface area contributed by atoms with Gasteiger partial charge in [0.1, 0.15) is 6.54 Å². The SMILES string of the molecule is Cc1ccc(C(=O)N(CC(=O)O)CC2CC2)cc1Cl. The van der Waals surface area contributed by atoms with Crippen LogP contribution in [0.4, 0.5) is 0 Å². The number of hydrogen-bond acceptors (Lipinski definition) is 2. The number of carbonyl (C=O) groups is 2. The number of benzene rings is 1. The van der Waals surface area contributed by atoms with E-state index >= 15 is 0 Å². The fourth-order valence-corrected chi connectivity index (χ4v) is 2.08. The van der Waals surface area contributed by atoms with Crippen LogP contribution in [0.25, 0.3) is 0 Å². The predicted molar refractivity (Wildman–Crippen MR) is 72.5 cm³/mol. The second kappa shape index (κ2) is 5.61. The number of aryl methyl sites for hydroxylation is 1. The van der Waals surface area contributed by atoms with E-state index in [2.05, 4.69) is 0 Å². The maximum Gasteiger partial charge on any atom is 0.323 e. The van der Waals surface area contributed by atoms with Gasteiger partial charge < -0.3 is 10.0 Å². The largest absolute Gasteiger partial charge is 0.480 e. The Bertz CT molecular complexity index is 511. The fraction of sp³-hybridized carbons (Fsp3) is 0.429. The van der Waals surface area contributed by atoms with Gasteiger partial charge in [-0.05, 0) is 43.4 Å².